The molecular formula is C23H24N8O. The van der Waals surface area contributed by atoms with Gasteiger partial charge in [0.1, 0.15) is 22.5 Å². The Morgan fingerprint density at radius 1 is 1.25 bits per heavy atom. The third-order valence-corrected chi connectivity index (χ3v) is 6.51. The standard InChI is InChI=1S/C23H24N8O/c1-32-17-4-2-3-16-19(17)29-22(26)31-21(16)30-20(25)15-7-14(8-15)13-5-6-18(28-9-13)23(10-24)11-27-12-23/h2-6,9,14-15,27H,7-8,11-12H2,1H3,(H4,25,26,29,30,31). The highest BCUT2D eigenvalue weighted by atomic mass is 16.5. The molecule has 3 aromatic rings. The molecule has 5 N–H and O–H groups in total. The number of aliphatic imine (C=N–C) groups is 1. The monoisotopic (exact) mass is 428 g/mol. The van der Waals surface area contributed by atoms with Crippen molar-refractivity contribution in [2.45, 2.75) is 24.2 Å². The number of ether oxygens (including phenoxy) is 1. The number of rotatable bonds is 5. The van der Waals surface area contributed by atoms with E-state index in [9.17, 15) is 5.26 Å². The molecule has 0 radical (unpaired) electrons. The van der Waals surface area contributed by atoms with Crippen LogP contribution in [0.25, 0.3) is 10.9 Å². The summed E-state index contributed by atoms with van der Waals surface area (Å²) in [5.41, 5.74) is 14.4. The Morgan fingerprint density at radius 3 is 2.69 bits per heavy atom. The molecule has 0 atom stereocenters. The number of anilines is 1. The van der Waals surface area contributed by atoms with Crippen LogP contribution < -0.4 is 21.5 Å². The van der Waals surface area contributed by atoms with E-state index in [1.54, 1.807) is 7.11 Å². The zero-order chi connectivity index (χ0) is 22.3. The Kier molecular flexibility index (Phi) is 4.87. The van der Waals surface area contributed by atoms with E-state index in [2.05, 4.69) is 37.4 Å². The molecule has 0 bridgehead atoms. The maximum atomic E-state index is 9.47. The van der Waals surface area contributed by atoms with Gasteiger partial charge in [0.25, 0.3) is 0 Å². The molecule has 1 aromatic carbocycles. The molecule has 9 heteroatoms. The van der Waals surface area contributed by atoms with E-state index in [0.717, 1.165) is 23.9 Å². The summed E-state index contributed by atoms with van der Waals surface area (Å²) in [7, 11) is 1.59. The lowest BCUT2D eigenvalue weighted by atomic mass is 9.71. The molecule has 1 aliphatic carbocycles. The van der Waals surface area contributed by atoms with Crippen LogP contribution in [0.1, 0.15) is 30.0 Å². The molecule has 0 amide bonds. The average Bonchev–Trinajstić information content (AvgIpc) is 2.73. The number of para-hydroxylation sites is 1. The van der Waals surface area contributed by atoms with Crippen molar-refractivity contribution in [2.24, 2.45) is 16.6 Å². The van der Waals surface area contributed by atoms with E-state index in [4.69, 9.17) is 16.2 Å². The molecule has 32 heavy (non-hydrogen) atoms. The second-order valence-electron chi connectivity index (χ2n) is 8.44. The number of amidine groups is 1. The summed E-state index contributed by atoms with van der Waals surface area (Å²) in [6.45, 7) is 1.31. The predicted octanol–water partition coefficient (Wildman–Crippen LogP) is 2.16. The van der Waals surface area contributed by atoms with Crippen LogP contribution in [0.3, 0.4) is 0 Å². The lowest BCUT2D eigenvalue weighted by molar-refractivity contribution is 0.337. The van der Waals surface area contributed by atoms with Gasteiger partial charge in [0.15, 0.2) is 5.82 Å². The van der Waals surface area contributed by atoms with Gasteiger partial charge in [0, 0.05) is 30.6 Å². The molecule has 1 saturated carbocycles. The van der Waals surface area contributed by atoms with Crippen molar-refractivity contribution in [1.29, 1.82) is 5.26 Å². The predicted molar refractivity (Wildman–Crippen MR) is 122 cm³/mol. The Bertz CT molecular complexity index is 1240. The van der Waals surface area contributed by atoms with Crippen LogP contribution in [0.4, 0.5) is 11.8 Å². The van der Waals surface area contributed by atoms with Crippen LogP contribution in [0.5, 0.6) is 5.75 Å². The Hall–Kier alpha value is -3.77. The molecule has 2 aromatic heterocycles. The van der Waals surface area contributed by atoms with Gasteiger partial charge in [0.05, 0.1) is 18.9 Å². The number of nitrogen functional groups attached to an aromatic ring is 1. The first-order valence-electron chi connectivity index (χ1n) is 10.6. The number of methoxy groups -OCH3 is 1. The minimum Gasteiger partial charge on any atom is -0.494 e. The lowest BCUT2D eigenvalue weighted by Gasteiger charge is -2.37. The smallest absolute Gasteiger partial charge is 0.222 e. The first kappa shape index (κ1) is 20.2. The topological polar surface area (TPSA) is 148 Å². The summed E-state index contributed by atoms with van der Waals surface area (Å²) in [5, 5.41) is 13.4. The lowest BCUT2D eigenvalue weighted by Crippen LogP contribution is -2.56. The van der Waals surface area contributed by atoms with E-state index in [0.29, 0.717) is 41.9 Å². The van der Waals surface area contributed by atoms with Crippen LogP contribution in [0.2, 0.25) is 0 Å². The fraction of sp³-hybridized carbons (Fsp3) is 0.348. The minimum atomic E-state index is -0.484. The normalized spacial score (nSPS) is 21.9. The van der Waals surface area contributed by atoms with Crippen molar-refractivity contribution in [3.8, 4) is 11.8 Å². The highest BCUT2D eigenvalue weighted by Gasteiger charge is 2.41. The Labute approximate surface area is 185 Å². The van der Waals surface area contributed by atoms with Crippen molar-refractivity contribution < 1.29 is 4.74 Å². The summed E-state index contributed by atoms with van der Waals surface area (Å²) in [6.07, 6.45) is 3.68. The molecular weight excluding hydrogens is 404 g/mol. The van der Waals surface area contributed by atoms with Crippen molar-refractivity contribution in [2.75, 3.05) is 25.9 Å². The number of pyridine rings is 1. The van der Waals surface area contributed by atoms with Crippen LogP contribution >= 0.6 is 0 Å². The molecule has 1 aliphatic heterocycles. The van der Waals surface area contributed by atoms with E-state index < -0.39 is 5.41 Å². The summed E-state index contributed by atoms with van der Waals surface area (Å²) in [5.74, 6) is 2.27. The van der Waals surface area contributed by atoms with Crippen molar-refractivity contribution in [3.63, 3.8) is 0 Å². The number of fused-ring (bicyclic) bond motifs is 1. The van der Waals surface area contributed by atoms with Crippen LogP contribution in [-0.4, -0.2) is 41.0 Å². The van der Waals surface area contributed by atoms with Crippen LogP contribution in [0, 0.1) is 17.2 Å². The van der Waals surface area contributed by atoms with Crippen molar-refractivity contribution in [1.82, 2.24) is 20.3 Å². The number of nitrogens with zero attached hydrogens (tertiary/aromatic N) is 5. The van der Waals surface area contributed by atoms with E-state index in [-0.39, 0.29) is 11.9 Å². The second-order valence-corrected chi connectivity index (χ2v) is 8.44. The zero-order valence-corrected chi connectivity index (χ0v) is 17.7. The molecule has 1 saturated heterocycles. The highest BCUT2D eigenvalue weighted by Crippen LogP contribution is 2.42. The van der Waals surface area contributed by atoms with Gasteiger partial charge >= 0.3 is 0 Å². The SMILES string of the molecule is COc1cccc2c(N=C(N)C3CC(c4ccc(C5(C#N)CNC5)nc4)C3)nc(N)nc12. The van der Waals surface area contributed by atoms with Gasteiger partial charge in [-0.05, 0) is 42.5 Å². The fourth-order valence-corrected chi connectivity index (χ4v) is 4.34. The summed E-state index contributed by atoms with van der Waals surface area (Å²) >= 11 is 0. The van der Waals surface area contributed by atoms with Crippen LogP contribution in [0.15, 0.2) is 41.5 Å². The maximum absolute atomic E-state index is 9.47. The van der Waals surface area contributed by atoms with Crippen molar-refractivity contribution in [3.05, 3.63) is 47.8 Å². The van der Waals surface area contributed by atoms with Crippen LogP contribution in [-0.2, 0) is 5.41 Å². The molecule has 5 rings (SSSR count). The molecule has 0 spiro atoms. The van der Waals surface area contributed by atoms with E-state index in [1.807, 2.05) is 30.5 Å². The number of benzene rings is 1. The minimum absolute atomic E-state index is 0.128. The quantitative estimate of drug-likeness (QED) is 0.413. The number of aromatic nitrogens is 3. The largest absolute Gasteiger partial charge is 0.494 e. The van der Waals surface area contributed by atoms with Gasteiger partial charge in [-0.3, -0.25) is 4.98 Å². The van der Waals surface area contributed by atoms with Gasteiger partial charge < -0.3 is 21.5 Å². The first-order chi connectivity index (χ1) is 15.5. The third-order valence-electron chi connectivity index (χ3n) is 6.51. The summed E-state index contributed by atoms with van der Waals surface area (Å²) in [4.78, 5) is 17.8. The van der Waals surface area contributed by atoms with Gasteiger partial charge in [-0.15, -0.1) is 0 Å². The third kappa shape index (κ3) is 3.29. The Morgan fingerprint density at radius 2 is 2.06 bits per heavy atom. The van der Waals surface area contributed by atoms with Crippen molar-refractivity contribution >= 4 is 28.5 Å². The van der Waals surface area contributed by atoms with Gasteiger partial charge in [0.2, 0.25) is 5.95 Å². The number of nitriles is 1. The molecule has 0 unspecified atom stereocenters. The molecule has 2 aliphatic rings. The summed E-state index contributed by atoms with van der Waals surface area (Å²) in [6, 6.07) is 12.0. The zero-order valence-electron chi connectivity index (χ0n) is 17.7. The number of nitrogens with two attached hydrogens (primary N) is 2. The molecule has 9 nitrogen and oxygen atoms in total. The average molecular weight is 429 g/mol. The Balaban J connectivity index is 1.32. The first-order valence-corrected chi connectivity index (χ1v) is 10.6. The van der Waals surface area contributed by atoms with Gasteiger partial charge in [-0.1, -0.05) is 12.1 Å². The molecule has 3 heterocycles. The maximum Gasteiger partial charge on any atom is 0.222 e. The highest BCUT2D eigenvalue weighted by molar-refractivity contribution is 5.96. The fourth-order valence-electron chi connectivity index (χ4n) is 4.34. The van der Waals surface area contributed by atoms with E-state index in [1.165, 1.54) is 5.56 Å². The molecule has 2 fully saturated rings. The number of hydrogen-bond donors (Lipinski definition) is 3. The second kappa shape index (κ2) is 7.73. The van der Waals surface area contributed by atoms with E-state index >= 15 is 0 Å². The summed E-state index contributed by atoms with van der Waals surface area (Å²) < 4.78 is 5.38. The number of hydrogen-bond acceptors (Lipinski definition) is 8. The number of nitrogens with one attached hydrogen (secondary N) is 1. The van der Waals surface area contributed by atoms with Gasteiger partial charge in [-0.25, -0.2) is 9.98 Å². The molecule has 162 valence electrons. The van der Waals surface area contributed by atoms with Gasteiger partial charge in [-0.2, -0.15) is 10.2 Å².